The van der Waals surface area contributed by atoms with Gasteiger partial charge in [0, 0.05) is 26.2 Å². The number of hydrogen-bond donors (Lipinski definition) is 2. The third-order valence-corrected chi connectivity index (χ3v) is 4.16. The van der Waals surface area contributed by atoms with Gasteiger partial charge in [-0.3, -0.25) is 9.89 Å². The number of nitrogens with zero attached hydrogens (tertiary/aromatic N) is 3. The van der Waals surface area contributed by atoms with Crippen molar-refractivity contribution in [3.05, 3.63) is 11.4 Å². The molecule has 2 heterocycles. The Balaban J connectivity index is 1.96. The van der Waals surface area contributed by atoms with Gasteiger partial charge in [0.15, 0.2) is 5.69 Å². The number of rotatable bonds is 4. The first-order valence-electron chi connectivity index (χ1n) is 7.34. The summed E-state index contributed by atoms with van der Waals surface area (Å²) in [6, 6.07) is 0.284. The monoisotopic (exact) mass is 279 g/mol. The van der Waals surface area contributed by atoms with Crippen LogP contribution in [0.2, 0.25) is 0 Å². The highest BCUT2D eigenvalue weighted by atomic mass is 16.2. The van der Waals surface area contributed by atoms with Gasteiger partial charge in [-0.25, -0.2) is 0 Å². The van der Waals surface area contributed by atoms with Crippen molar-refractivity contribution in [2.45, 2.75) is 39.2 Å². The average Bonchev–Trinajstić information content (AvgIpc) is 2.79. The van der Waals surface area contributed by atoms with Crippen molar-refractivity contribution in [2.24, 2.45) is 0 Å². The molecule has 112 valence electrons. The Hall–Kier alpha value is -1.56. The van der Waals surface area contributed by atoms with Gasteiger partial charge in [-0.05, 0) is 32.7 Å². The van der Waals surface area contributed by atoms with Crippen LogP contribution in [0.4, 0.5) is 5.69 Å². The molecule has 1 aliphatic heterocycles. The molecule has 0 aromatic carbocycles. The molecular formula is C14H25N5O. The van der Waals surface area contributed by atoms with Crippen LogP contribution in [0.3, 0.4) is 0 Å². The van der Waals surface area contributed by atoms with E-state index in [0.29, 0.717) is 11.4 Å². The smallest absolute Gasteiger partial charge is 0.276 e. The zero-order valence-electron chi connectivity index (χ0n) is 12.6. The lowest BCUT2D eigenvalue weighted by atomic mass is 10.0. The van der Waals surface area contributed by atoms with Crippen LogP contribution in [-0.4, -0.2) is 58.6 Å². The second-order valence-electron chi connectivity index (χ2n) is 5.60. The van der Waals surface area contributed by atoms with Crippen molar-refractivity contribution in [3.8, 4) is 0 Å². The minimum absolute atomic E-state index is 0.0826. The number of anilines is 1. The molecular weight excluding hydrogens is 254 g/mol. The molecule has 1 aliphatic rings. The van der Waals surface area contributed by atoms with Gasteiger partial charge in [0.25, 0.3) is 5.91 Å². The Morgan fingerprint density at radius 3 is 2.65 bits per heavy atom. The summed E-state index contributed by atoms with van der Waals surface area (Å²) < 4.78 is 0. The molecule has 0 saturated carbocycles. The number of carbonyl (C=O) groups is 1. The van der Waals surface area contributed by atoms with E-state index in [1.807, 2.05) is 14.0 Å². The largest absolute Gasteiger partial charge is 0.395 e. The molecule has 6 nitrogen and oxygen atoms in total. The Labute approximate surface area is 120 Å². The van der Waals surface area contributed by atoms with E-state index in [0.717, 1.165) is 38.2 Å². The average molecular weight is 279 g/mol. The summed E-state index contributed by atoms with van der Waals surface area (Å²) in [5, 5.41) is 6.79. The van der Waals surface area contributed by atoms with Crippen LogP contribution in [0.15, 0.2) is 0 Å². The summed E-state index contributed by atoms with van der Waals surface area (Å²) in [6.45, 7) is 7.29. The number of nitrogens with one attached hydrogen (secondary N) is 1. The molecule has 3 N–H and O–H groups in total. The number of carbonyl (C=O) groups excluding carboxylic acids is 1. The number of H-pyrrole nitrogens is 1. The van der Waals surface area contributed by atoms with Crippen LogP contribution in [0, 0.1) is 6.92 Å². The minimum atomic E-state index is -0.0826. The third-order valence-electron chi connectivity index (χ3n) is 4.16. The Kier molecular flexibility index (Phi) is 4.65. The first kappa shape index (κ1) is 14.8. The maximum atomic E-state index is 12.4. The van der Waals surface area contributed by atoms with Crippen molar-refractivity contribution in [1.29, 1.82) is 0 Å². The van der Waals surface area contributed by atoms with Gasteiger partial charge in [0.1, 0.15) is 0 Å². The number of piperidine rings is 1. The fourth-order valence-electron chi connectivity index (χ4n) is 2.78. The first-order valence-corrected chi connectivity index (χ1v) is 7.34. The Bertz CT molecular complexity index is 462. The molecule has 0 bridgehead atoms. The molecule has 0 spiro atoms. The van der Waals surface area contributed by atoms with Gasteiger partial charge in [-0.2, -0.15) is 5.10 Å². The lowest BCUT2D eigenvalue weighted by molar-refractivity contribution is 0.0638. The third kappa shape index (κ3) is 2.95. The zero-order chi connectivity index (χ0) is 14.7. The number of amides is 1. The summed E-state index contributed by atoms with van der Waals surface area (Å²) in [5.74, 6) is -0.0826. The number of aromatic nitrogens is 2. The molecule has 1 aromatic heterocycles. The number of aryl methyl sites for hydroxylation is 1. The van der Waals surface area contributed by atoms with Gasteiger partial charge in [-0.15, -0.1) is 0 Å². The quantitative estimate of drug-likeness (QED) is 0.869. The van der Waals surface area contributed by atoms with E-state index in [1.54, 1.807) is 4.90 Å². The molecule has 2 rings (SSSR count). The highest BCUT2D eigenvalue weighted by Crippen LogP contribution is 2.20. The van der Waals surface area contributed by atoms with Gasteiger partial charge in [0.2, 0.25) is 0 Å². The van der Waals surface area contributed by atoms with E-state index in [2.05, 4.69) is 22.0 Å². The number of aromatic amines is 1. The molecule has 0 aliphatic carbocycles. The second kappa shape index (κ2) is 6.26. The molecule has 1 fully saturated rings. The van der Waals surface area contributed by atoms with E-state index in [4.69, 9.17) is 5.73 Å². The lowest BCUT2D eigenvalue weighted by Gasteiger charge is -2.36. The normalized spacial score (nSPS) is 17.4. The van der Waals surface area contributed by atoms with E-state index < -0.39 is 0 Å². The summed E-state index contributed by atoms with van der Waals surface area (Å²) in [7, 11) is 1.85. The van der Waals surface area contributed by atoms with Gasteiger partial charge in [-0.1, -0.05) is 6.92 Å². The molecule has 1 saturated heterocycles. The van der Waals surface area contributed by atoms with Crippen LogP contribution in [0.25, 0.3) is 0 Å². The van der Waals surface area contributed by atoms with Crippen molar-refractivity contribution in [2.75, 3.05) is 32.4 Å². The maximum absolute atomic E-state index is 12.4. The number of hydrogen-bond acceptors (Lipinski definition) is 4. The molecule has 6 heteroatoms. The number of nitrogen functional groups attached to an aromatic ring is 1. The highest BCUT2D eigenvalue weighted by molar-refractivity contribution is 5.97. The van der Waals surface area contributed by atoms with Crippen molar-refractivity contribution in [3.63, 3.8) is 0 Å². The Morgan fingerprint density at radius 2 is 2.15 bits per heavy atom. The van der Waals surface area contributed by atoms with Gasteiger partial charge in [0.05, 0.1) is 11.4 Å². The van der Waals surface area contributed by atoms with Crippen LogP contribution in [0.1, 0.15) is 42.4 Å². The highest BCUT2D eigenvalue weighted by Gasteiger charge is 2.28. The lowest BCUT2D eigenvalue weighted by Crippen LogP contribution is -2.45. The molecule has 0 atom stereocenters. The summed E-state index contributed by atoms with van der Waals surface area (Å²) >= 11 is 0. The number of likely N-dealkylation sites (tertiary alicyclic amines) is 1. The predicted octanol–water partition coefficient (Wildman–Crippen LogP) is 1.25. The van der Waals surface area contributed by atoms with Crippen molar-refractivity contribution in [1.82, 2.24) is 20.0 Å². The van der Waals surface area contributed by atoms with E-state index in [1.165, 1.54) is 6.42 Å². The molecule has 1 aromatic rings. The van der Waals surface area contributed by atoms with Crippen LogP contribution >= 0.6 is 0 Å². The molecule has 20 heavy (non-hydrogen) atoms. The van der Waals surface area contributed by atoms with Crippen molar-refractivity contribution < 1.29 is 4.79 Å². The Morgan fingerprint density at radius 1 is 1.50 bits per heavy atom. The summed E-state index contributed by atoms with van der Waals surface area (Å²) in [4.78, 5) is 16.7. The maximum Gasteiger partial charge on any atom is 0.276 e. The first-order chi connectivity index (χ1) is 9.54. The van der Waals surface area contributed by atoms with E-state index in [-0.39, 0.29) is 11.9 Å². The SMILES string of the molecule is CCCN1CCC(N(C)C(=O)c2n[nH]c(C)c2N)CC1. The zero-order valence-corrected chi connectivity index (χ0v) is 12.6. The van der Waals surface area contributed by atoms with E-state index in [9.17, 15) is 4.79 Å². The topological polar surface area (TPSA) is 78.2 Å². The predicted molar refractivity (Wildman–Crippen MR) is 79.6 cm³/mol. The minimum Gasteiger partial charge on any atom is -0.395 e. The van der Waals surface area contributed by atoms with Crippen molar-refractivity contribution >= 4 is 11.6 Å². The van der Waals surface area contributed by atoms with Crippen LogP contribution < -0.4 is 5.73 Å². The molecule has 1 amide bonds. The fraction of sp³-hybridized carbons (Fsp3) is 0.714. The van der Waals surface area contributed by atoms with Crippen LogP contribution in [-0.2, 0) is 0 Å². The molecule has 0 radical (unpaired) electrons. The van der Waals surface area contributed by atoms with Gasteiger partial charge >= 0.3 is 0 Å². The molecule has 0 unspecified atom stereocenters. The number of nitrogens with two attached hydrogens (primary N) is 1. The summed E-state index contributed by atoms with van der Waals surface area (Å²) in [5.41, 5.74) is 7.44. The second-order valence-corrected chi connectivity index (χ2v) is 5.60. The summed E-state index contributed by atoms with van der Waals surface area (Å²) in [6.07, 6.45) is 3.22. The van der Waals surface area contributed by atoms with Crippen LogP contribution in [0.5, 0.6) is 0 Å². The fourth-order valence-corrected chi connectivity index (χ4v) is 2.78. The standard InChI is InChI=1S/C14H25N5O/c1-4-7-19-8-5-11(6-9-19)18(3)14(20)13-12(15)10(2)16-17-13/h11H,4-9,15H2,1-3H3,(H,16,17). The van der Waals surface area contributed by atoms with Gasteiger partial charge < -0.3 is 15.5 Å². The van der Waals surface area contributed by atoms with E-state index >= 15 is 0 Å².